The number of benzene rings is 2. The first kappa shape index (κ1) is 26.6. The van der Waals surface area contributed by atoms with Crippen LogP contribution in [0.1, 0.15) is 44.4 Å². The van der Waals surface area contributed by atoms with Crippen molar-refractivity contribution in [2.45, 2.75) is 33.2 Å². The van der Waals surface area contributed by atoms with Crippen molar-refractivity contribution >= 4 is 17.5 Å². The Morgan fingerprint density at radius 2 is 1.65 bits per heavy atom. The average molecular weight is 476 g/mol. The Balaban J connectivity index is 2.53. The molecule has 0 amide bonds. The van der Waals surface area contributed by atoms with Gasteiger partial charge in [0.05, 0.1) is 26.4 Å². The second kappa shape index (κ2) is 13.8. The van der Waals surface area contributed by atoms with Gasteiger partial charge >= 0.3 is 5.97 Å². The first-order chi connectivity index (χ1) is 16.5. The van der Waals surface area contributed by atoms with Gasteiger partial charge in [-0.1, -0.05) is 5.16 Å². The van der Waals surface area contributed by atoms with Crippen LogP contribution in [0.25, 0.3) is 0 Å². The van der Waals surface area contributed by atoms with Crippen LogP contribution >= 0.6 is 0 Å². The van der Waals surface area contributed by atoms with Crippen molar-refractivity contribution in [3.63, 3.8) is 0 Å². The number of anilines is 1. The number of hydrogen-bond donors (Lipinski definition) is 4. The summed E-state index contributed by atoms with van der Waals surface area (Å²) in [5.74, 6) is 0.812. The zero-order valence-corrected chi connectivity index (χ0v) is 19.7. The molecule has 2 aromatic carbocycles. The molecule has 0 bridgehead atoms. The van der Waals surface area contributed by atoms with Crippen molar-refractivity contribution in [2.24, 2.45) is 10.9 Å². The van der Waals surface area contributed by atoms with Crippen molar-refractivity contribution < 1.29 is 34.1 Å². The number of esters is 1. The predicted molar refractivity (Wildman–Crippen MR) is 128 cm³/mol. The largest absolute Gasteiger partial charge is 0.493 e. The lowest BCUT2D eigenvalue weighted by Crippen LogP contribution is -2.24. The summed E-state index contributed by atoms with van der Waals surface area (Å²) in [5.41, 5.74) is 7.24. The molecule has 0 radical (unpaired) electrons. The van der Waals surface area contributed by atoms with E-state index in [4.69, 9.17) is 35.0 Å². The number of aliphatic hydroxyl groups is 1. The lowest BCUT2D eigenvalue weighted by atomic mass is 10.0. The number of hydrogen-bond acceptors (Lipinski definition) is 9. The number of oxime groups is 1. The Labute approximate surface area is 199 Å². The van der Waals surface area contributed by atoms with Crippen LogP contribution in [-0.4, -0.2) is 55.2 Å². The fraction of sp³-hybridized carbons (Fsp3) is 0.417. The summed E-state index contributed by atoms with van der Waals surface area (Å²) in [7, 11) is 0. The van der Waals surface area contributed by atoms with Gasteiger partial charge in [-0.25, -0.2) is 4.79 Å². The Morgan fingerprint density at radius 1 is 1.00 bits per heavy atom. The number of aliphatic hydroxyl groups excluding tert-OH is 1. The number of amidine groups is 1. The van der Waals surface area contributed by atoms with Gasteiger partial charge in [0, 0.05) is 35.9 Å². The molecule has 2 aromatic rings. The minimum atomic E-state index is -0.936. The molecule has 0 aliphatic heterocycles. The van der Waals surface area contributed by atoms with E-state index in [9.17, 15) is 4.79 Å². The molecule has 2 rings (SSSR count). The zero-order chi connectivity index (χ0) is 24.9. The van der Waals surface area contributed by atoms with Gasteiger partial charge in [0.15, 0.2) is 23.4 Å². The first-order valence-electron chi connectivity index (χ1n) is 11.2. The normalized spacial score (nSPS) is 12.1. The molecule has 0 saturated carbocycles. The van der Waals surface area contributed by atoms with E-state index in [0.29, 0.717) is 53.7 Å². The van der Waals surface area contributed by atoms with Crippen LogP contribution in [0.15, 0.2) is 41.6 Å². The number of carbonyl (C=O) groups excluding carboxylic acids is 1. The van der Waals surface area contributed by atoms with Crippen LogP contribution in [0.4, 0.5) is 5.69 Å². The highest BCUT2D eigenvalue weighted by atomic mass is 16.5. The average Bonchev–Trinajstić information content (AvgIpc) is 2.84. The quantitative estimate of drug-likeness (QED) is 0.0809. The Bertz CT molecular complexity index is 948. The highest BCUT2D eigenvalue weighted by molar-refractivity contribution is 5.97. The fourth-order valence-electron chi connectivity index (χ4n) is 3.14. The topological polar surface area (TPSA) is 145 Å². The third-order valence-electron chi connectivity index (χ3n) is 4.67. The Morgan fingerprint density at radius 3 is 2.21 bits per heavy atom. The second-order valence-electron chi connectivity index (χ2n) is 7.02. The van der Waals surface area contributed by atoms with E-state index in [2.05, 4.69) is 10.5 Å². The number of carbonyl (C=O) groups is 1. The summed E-state index contributed by atoms with van der Waals surface area (Å²) >= 11 is 0. The van der Waals surface area contributed by atoms with Gasteiger partial charge in [-0.2, -0.15) is 0 Å². The van der Waals surface area contributed by atoms with E-state index in [1.54, 1.807) is 43.3 Å². The molecule has 34 heavy (non-hydrogen) atoms. The zero-order valence-electron chi connectivity index (χ0n) is 19.7. The Kier molecular flexibility index (Phi) is 10.8. The van der Waals surface area contributed by atoms with Gasteiger partial charge in [-0.3, -0.25) is 0 Å². The van der Waals surface area contributed by atoms with Crippen LogP contribution in [0, 0.1) is 0 Å². The molecule has 1 atom stereocenters. The summed E-state index contributed by atoms with van der Waals surface area (Å²) in [6.45, 7) is 6.66. The molecule has 10 nitrogen and oxygen atoms in total. The van der Waals surface area contributed by atoms with E-state index in [-0.39, 0.29) is 25.7 Å². The number of ether oxygens (including phenoxy) is 4. The van der Waals surface area contributed by atoms with Gasteiger partial charge in [0.1, 0.15) is 5.75 Å². The number of nitrogens with zero attached hydrogens (tertiary/aromatic N) is 1. The van der Waals surface area contributed by atoms with E-state index in [1.165, 1.54) is 0 Å². The summed E-state index contributed by atoms with van der Waals surface area (Å²) in [6.07, 6.45) is 0.420. The number of rotatable bonds is 14. The predicted octanol–water partition coefficient (Wildman–Crippen LogP) is 3.06. The number of nitrogens with two attached hydrogens (primary N) is 1. The van der Waals surface area contributed by atoms with Crippen molar-refractivity contribution in [2.75, 3.05) is 38.4 Å². The summed E-state index contributed by atoms with van der Waals surface area (Å²) in [4.78, 5) is 13.0. The third kappa shape index (κ3) is 7.17. The molecule has 0 aliphatic carbocycles. The second-order valence-corrected chi connectivity index (χ2v) is 7.02. The van der Waals surface area contributed by atoms with Crippen molar-refractivity contribution in [3.05, 3.63) is 47.5 Å². The first-order valence-corrected chi connectivity index (χ1v) is 11.2. The maximum Gasteiger partial charge on any atom is 0.333 e. The third-order valence-corrected chi connectivity index (χ3v) is 4.67. The lowest BCUT2D eigenvalue weighted by Gasteiger charge is -2.23. The van der Waals surface area contributed by atoms with Crippen LogP contribution in [0.2, 0.25) is 0 Å². The minimum absolute atomic E-state index is 0.0269. The number of nitrogens with one attached hydrogen (secondary N) is 1. The molecule has 1 unspecified atom stereocenters. The molecule has 0 heterocycles. The van der Waals surface area contributed by atoms with Gasteiger partial charge in [-0.15, -0.1) is 0 Å². The maximum absolute atomic E-state index is 13.0. The summed E-state index contributed by atoms with van der Waals surface area (Å²) in [5, 5.41) is 24.2. The van der Waals surface area contributed by atoms with Gasteiger partial charge in [0.25, 0.3) is 0 Å². The van der Waals surface area contributed by atoms with Crippen LogP contribution in [-0.2, 0) is 9.53 Å². The highest BCUT2D eigenvalue weighted by Gasteiger charge is 2.28. The monoisotopic (exact) mass is 475 g/mol. The Hall–Kier alpha value is -3.66. The van der Waals surface area contributed by atoms with Crippen LogP contribution in [0.3, 0.4) is 0 Å². The molecule has 10 heteroatoms. The van der Waals surface area contributed by atoms with E-state index < -0.39 is 12.0 Å². The molecular formula is C24H33N3O7. The summed E-state index contributed by atoms with van der Waals surface area (Å²) in [6, 6.07) is 9.14. The summed E-state index contributed by atoms with van der Waals surface area (Å²) < 4.78 is 22.7. The SMILES string of the molecule is CCOC(=O)C(Nc1ccc(/C(N)=N/O)cc1)c1cc(OCC)c(OCC)cc1OCCCO. The van der Waals surface area contributed by atoms with E-state index >= 15 is 0 Å². The van der Waals surface area contributed by atoms with Crippen molar-refractivity contribution in [3.8, 4) is 17.2 Å². The molecule has 5 N–H and O–H groups in total. The van der Waals surface area contributed by atoms with Gasteiger partial charge < -0.3 is 40.3 Å². The van der Waals surface area contributed by atoms with Gasteiger partial charge in [-0.05, 0) is 51.1 Å². The smallest absolute Gasteiger partial charge is 0.333 e. The molecule has 0 spiro atoms. The van der Waals surface area contributed by atoms with Crippen molar-refractivity contribution in [1.29, 1.82) is 0 Å². The molecular weight excluding hydrogens is 442 g/mol. The lowest BCUT2D eigenvalue weighted by molar-refractivity contribution is -0.144. The van der Waals surface area contributed by atoms with E-state index in [1.807, 2.05) is 13.8 Å². The van der Waals surface area contributed by atoms with Crippen LogP contribution < -0.4 is 25.3 Å². The molecule has 0 aromatic heterocycles. The molecule has 0 saturated heterocycles. The molecule has 186 valence electrons. The van der Waals surface area contributed by atoms with Crippen LogP contribution in [0.5, 0.6) is 17.2 Å². The highest BCUT2D eigenvalue weighted by Crippen LogP contribution is 2.39. The maximum atomic E-state index is 13.0. The van der Waals surface area contributed by atoms with Gasteiger partial charge in [0.2, 0.25) is 0 Å². The standard InChI is InChI=1S/C24H33N3O7/c1-4-31-20-14-18(19(34-13-7-12-28)15-21(20)32-5-2)22(24(29)33-6-3)26-17-10-8-16(9-11-17)23(25)27-30/h8-11,14-15,22,26,28,30H,4-7,12-13H2,1-3H3,(H2,25,27). The molecule has 0 aliphatic rings. The molecule has 0 fully saturated rings. The fourth-order valence-corrected chi connectivity index (χ4v) is 3.14. The van der Waals surface area contributed by atoms with E-state index in [0.717, 1.165) is 0 Å². The minimum Gasteiger partial charge on any atom is -0.493 e. The van der Waals surface area contributed by atoms with Crippen molar-refractivity contribution in [1.82, 2.24) is 0 Å².